The lowest BCUT2D eigenvalue weighted by molar-refractivity contribution is 0.100. The number of benzene rings is 2. The Morgan fingerprint density at radius 1 is 1.00 bits per heavy atom. The average Bonchev–Trinajstić information content (AvgIpc) is 3.17. The summed E-state index contributed by atoms with van der Waals surface area (Å²) in [6.07, 6.45) is 2.26. The molecule has 1 amide bonds. The average molecular weight is 399 g/mol. The first-order chi connectivity index (χ1) is 14.6. The zero-order valence-electron chi connectivity index (χ0n) is 16.2. The van der Waals surface area contributed by atoms with Crippen LogP contribution in [0.25, 0.3) is 11.3 Å². The molecule has 0 unspecified atom stereocenters. The number of nitrogens with one attached hydrogen (secondary N) is 2. The Morgan fingerprint density at radius 3 is 2.40 bits per heavy atom. The molecule has 0 atom stereocenters. The van der Waals surface area contributed by atoms with Crippen LogP contribution in [0.4, 0.5) is 5.82 Å². The summed E-state index contributed by atoms with van der Waals surface area (Å²) in [5, 5.41) is 19.7. The highest BCUT2D eigenvalue weighted by atomic mass is 16.3. The second kappa shape index (κ2) is 8.48. The zero-order chi connectivity index (χ0) is 20.9. The summed E-state index contributed by atoms with van der Waals surface area (Å²) in [5.74, 6) is 0.0698. The molecule has 0 bridgehead atoms. The minimum absolute atomic E-state index is 0.202. The minimum Gasteiger partial charge on any atom is -0.508 e. The summed E-state index contributed by atoms with van der Waals surface area (Å²) in [5.41, 5.74) is 10.5. The first-order valence-corrected chi connectivity index (χ1v) is 9.49. The normalized spacial score (nSPS) is 10.7. The molecule has 2 aromatic heterocycles. The molecule has 4 rings (SSSR count). The van der Waals surface area contributed by atoms with Crippen LogP contribution in [0.1, 0.15) is 27.2 Å². The van der Waals surface area contributed by atoms with Crippen LogP contribution in [0.5, 0.6) is 5.75 Å². The van der Waals surface area contributed by atoms with Gasteiger partial charge in [-0.05, 0) is 35.4 Å². The lowest BCUT2D eigenvalue weighted by Gasteiger charge is -2.07. The van der Waals surface area contributed by atoms with Gasteiger partial charge >= 0.3 is 0 Å². The fraction of sp³-hybridized carbons (Fsp3) is 0.0870. The van der Waals surface area contributed by atoms with Gasteiger partial charge in [-0.2, -0.15) is 5.10 Å². The van der Waals surface area contributed by atoms with E-state index in [1.807, 2.05) is 42.5 Å². The number of H-pyrrole nitrogens is 1. The maximum atomic E-state index is 12.1. The lowest BCUT2D eigenvalue weighted by atomic mass is 10.0. The number of anilines is 1. The molecule has 0 aliphatic heterocycles. The van der Waals surface area contributed by atoms with Crippen molar-refractivity contribution in [3.8, 4) is 17.0 Å². The standard InChI is InChI=1S/C23H21N5O2/c24-22(30)21-20(27-28-23(21)26-14-16-6-10-18(29)11-7-16)13-15-4-8-17(9-5-15)19-3-1-2-12-25-19/h1-12,29H,13-14H2,(H2,24,30)(H2,26,27,28). The Kier molecular flexibility index (Phi) is 5.43. The molecule has 150 valence electrons. The zero-order valence-corrected chi connectivity index (χ0v) is 16.2. The molecule has 2 heterocycles. The van der Waals surface area contributed by atoms with E-state index in [1.165, 1.54) is 0 Å². The SMILES string of the molecule is NC(=O)c1c(NCc2ccc(O)cc2)n[nH]c1Cc1ccc(-c2ccccn2)cc1. The number of aromatic hydroxyl groups is 1. The lowest BCUT2D eigenvalue weighted by Crippen LogP contribution is -2.15. The third-order valence-corrected chi connectivity index (χ3v) is 4.78. The molecule has 7 heteroatoms. The highest BCUT2D eigenvalue weighted by Crippen LogP contribution is 2.22. The molecular formula is C23H21N5O2. The highest BCUT2D eigenvalue weighted by Gasteiger charge is 2.18. The molecule has 2 aromatic carbocycles. The van der Waals surface area contributed by atoms with Crippen LogP contribution in [-0.4, -0.2) is 26.2 Å². The Morgan fingerprint density at radius 2 is 1.73 bits per heavy atom. The molecule has 4 aromatic rings. The number of primary amides is 1. The maximum absolute atomic E-state index is 12.1. The molecule has 0 saturated carbocycles. The number of pyridine rings is 1. The number of aromatic amines is 1. The number of carbonyl (C=O) groups is 1. The van der Waals surface area contributed by atoms with Gasteiger partial charge in [-0.15, -0.1) is 0 Å². The van der Waals surface area contributed by atoms with Gasteiger partial charge in [0.25, 0.3) is 5.91 Å². The summed E-state index contributed by atoms with van der Waals surface area (Å²) in [4.78, 5) is 16.4. The number of nitrogens with zero attached hydrogens (tertiary/aromatic N) is 2. The van der Waals surface area contributed by atoms with Gasteiger partial charge in [-0.25, -0.2) is 0 Å². The monoisotopic (exact) mass is 399 g/mol. The fourth-order valence-electron chi connectivity index (χ4n) is 3.23. The van der Waals surface area contributed by atoms with Crippen molar-refractivity contribution in [2.45, 2.75) is 13.0 Å². The molecule has 7 nitrogen and oxygen atoms in total. The van der Waals surface area contributed by atoms with E-state index < -0.39 is 5.91 Å². The van der Waals surface area contributed by atoms with Crippen LogP contribution in [0.2, 0.25) is 0 Å². The first-order valence-electron chi connectivity index (χ1n) is 9.49. The molecule has 0 spiro atoms. The van der Waals surface area contributed by atoms with Gasteiger partial charge in [0.1, 0.15) is 11.3 Å². The predicted octanol–water partition coefficient (Wildman–Crippen LogP) is 3.48. The number of carbonyl (C=O) groups excluding carboxylic acids is 1. The molecule has 0 aliphatic rings. The van der Waals surface area contributed by atoms with Gasteiger partial charge in [-0.1, -0.05) is 42.5 Å². The topological polar surface area (TPSA) is 117 Å². The summed E-state index contributed by atoms with van der Waals surface area (Å²) in [6, 6.07) is 20.6. The number of phenols is 1. The van der Waals surface area contributed by atoms with Gasteiger partial charge in [0, 0.05) is 24.7 Å². The third kappa shape index (κ3) is 4.30. The van der Waals surface area contributed by atoms with E-state index in [9.17, 15) is 9.90 Å². The quantitative estimate of drug-likeness (QED) is 0.380. The van der Waals surface area contributed by atoms with Gasteiger partial charge in [0.15, 0.2) is 5.82 Å². The van der Waals surface area contributed by atoms with Crippen LogP contribution >= 0.6 is 0 Å². The molecule has 30 heavy (non-hydrogen) atoms. The molecule has 0 radical (unpaired) electrons. The van der Waals surface area contributed by atoms with Crippen LogP contribution in [0.3, 0.4) is 0 Å². The Hall–Kier alpha value is -4.13. The van der Waals surface area contributed by atoms with Crippen molar-refractivity contribution >= 4 is 11.7 Å². The van der Waals surface area contributed by atoms with E-state index >= 15 is 0 Å². The van der Waals surface area contributed by atoms with Crippen LogP contribution in [0.15, 0.2) is 72.9 Å². The molecule has 5 N–H and O–H groups in total. The second-order valence-corrected chi connectivity index (χ2v) is 6.90. The summed E-state index contributed by atoms with van der Waals surface area (Å²) >= 11 is 0. The molecule has 0 aliphatic carbocycles. The van der Waals surface area contributed by atoms with Crippen molar-refractivity contribution < 1.29 is 9.90 Å². The number of aromatic nitrogens is 3. The van der Waals surface area contributed by atoms with Crippen molar-refractivity contribution in [3.05, 3.63) is 95.3 Å². The Balaban J connectivity index is 1.50. The summed E-state index contributed by atoms with van der Waals surface area (Å²) in [7, 11) is 0. The third-order valence-electron chi connectivity index (χ3n) is 4.78. The van der Waals surface area contributed by atoms with Crippen LogP contribution < -0.4 is 11.1 Å². The Bertz CT molecular complexity index is 1140. The van der Waals surface area contributed by atoms with Gasteiger partial charge in [0.05, 0.1) is 11.4 Å². The predicted molar refractivity (Wildman–Crippen MR) is 115 cm³/mol. The molecule has 0 fully saturated rings. The largest absolute Gasteiger partial charge is 0.508 e. The Labute approximate surface area is 173 Å². The molecular weight excluding hydrogens is 378 g/mol. The number of nitrogens with two attached hydrogens (primary N) is 1. The van der Waals surface area contributed by atoms with E-state index in [0.29, 0.717) is 30.0 Å². The first kappa shape index (κ1) is 19.2. The number of rotatable bonds is 7. The number of phenolic OH excluding ortho intramolecular Hbond substituents is 1. The van der Waals surface area contributed by atoms with Crippen molar-refractivity contribution in [1.29, 1.82) is 0 Å². The summed E-state index contributed by atoms with van der Waals surface area (Å²) in [6.45, 7) is 0.448. The van der Waals surface area contributed by atoms with Crippen molar-refractivity contribution in [1.82, 2.24) is 15.2 Å². The van der Waals surface area contributed by atoms with E-state index in [-0.39, 0.29) is 5.75 Å². The number of hydrogen-bond acceptors (Lipinski definition) is 5. The van der Waals surface area contributed by atoms with E-state index in [2.05, 4.69) is 20.5 Å². The molecule has 0 saturated heterocycles. The second-order valence-electron chi connectivity index (χ2n) is 6.90. The number of hydrogen-bond donors (Lipinski definition) is 4. The maximum Gasteiger partial charge on any atom is 0.254 e. The van der Waals surface area contributed by atoms with Gasteiger partial charge in [-0.3, -0.25) is 14.9 Å². The van der Waals surface area contributed by atoms with Gasteiger partial charge in [0.2, 0.25) is 0 Å². The highest BCUT2D eigenvalue weighted by molar-refractivity contribution is 5.99. The summed E-state index contributed by atoms with van der Waals surface area (Å²) < 4.78 is 0. The van der Waals surface area contributed by atoms with Crippen LogP contribution in [0, 0.1) is 0 Å². The smallest absolute Gasteiger partial charge is 0.254 e. The van der Waals surface area contributed by atoms with E-state index in [1.54, 1.807) is 30.5 Å². The van der Waals surface area contributed by atoms with Gasteiger partial charge < -0.3 is 16.2 Å². The minimum atomic E-state index is -0.544. The van der Waals surface area contributed by atoms with Crippen molar-refractivity contribution in [2.75, 3.05) is 5.32 Å². The van der Waals surface area contributed by atoms with Crippen LogP contribution in [-0.2, 0) is 13.0 Å². The van der Waals surface area contributed by atoms with Crippen molar-refractivity contribution in [3.63, 3.8) is 0 Å². The van der Waals surface area contributed by atoms with Crippen molar-refractivity contribution in [2.24, 2.45) is 5.73 Å². The van der Waals surface area contributed by atoms with E-state index in [0.717, 1.165) is 22.4 Å². The number of amides is 1. The fourth-order valence-corrected chi connectivity index (χ4v) is 3.23. The van der Waals surface area contributed by atoms with E-state index in [4.69, 9.17) is 5.73 Å².